The van der Waals surface area contributed by atoms with Crippen molar-refractivity contribution in [1.82, 2.24) is 4.90 Å². The quantitative estimate of drug-likeness (QED) is 0.864. The average Bonchev–Trinajstić information content (AvgIpc) is 2.83. The molecule has 2 rings (SSSR count). The first kappa shape index (κ1) is 12.6. The molecule has 1 saturated heterocycles. The van der Waals surface area contributed by atoms with E-state index in [1.54, 1.807) is 0 Å². The summed E-state index contributed by atoms with van der Waals surface area (Å²) in [7, 11) is 0. The monoisotopic (exact) mass is 233 g/mol. The number of hydrogen-bond donors (Lipinski definition) is 1. The van der Waals surface area contributed by atoms with E-state index in [4.69, 9.17) is 0 Å². The van der Waals surface area contributed by atoms with Crippen molar-refractivity contribution >= 4 is 0 Å². The zero-order valence-corrected chi connectivity index (χ0v) is 10.9. The Bertz CT molecular complexity index is 350. The molecule has 0 radical (unpaired) electrons. The molecule has 17 heavy (non-hydrogen) atoms. The van der Waals surface area contributed by atoms with Crippen LogP contribution in [0.4, 0.5) is 0 Å². The fraction of sp³-hybridized carbons (Fsp3) is 0.600. The maximum atomic E-state index is 9.34. The van der Waals surface area contributed by atoms with Crippen LogP contribution in [-0.2, 0) is 12.0 Å². The van der Waals surface area contributed by atoms with Gasteiger partial charge in [0.05, 0.1) is 6.61 Å². The molecule has 0 atom stereocenters. The van der Waals surface area contributed by atoms with Crippen molar-refractivity contribution in [2.75, 3.05) is 19.7 Å². The zero-order chi connectivity index (χ0) is 12.3. The number of nitrogens with zero attached hydrogens (tertiary/aromatic N) is 1. The predicted octanol–water partition coefficient (Wildman–Crippen LogP) is 2.55. The highest BCUT2D eigenvalue weighted by Crippen LogP contribution is 2.23. The van der Waals surface area contributed by atoms with Crippen LogP contribution in [0.15, 0.2) is 24.3 Å². The highest BCUT2D eigenvalue weighted by Gasteiger charge is 2.19. The fourth-order valence-corrected chi connectivity index (χ4v) is 2.35. The van der Waals surface area contributed by atoms with Crippen LogP contribution in [0.1, 0.15) is 37.8 Å². The summed E-state index contributed by atoms with van der Waals surface area (Å²) in [5.41, 5.74) is 2.46. The third kappa shape index (κ3) is 3.08. The number of hydrogen-bond acceptors (Lipinski definition) is 2. The molecule has 0 bridgehead atoms. The van der Waals surface area contributed by atoms with Crippen LogP contribution in [0.3, 0.4) is 0 Å². The molecule has 1 aliphatic heterocycles. The molecule has 0 aliphatic carbocycles. The Kier molecular flexibility index (Phi) is 3.85. The minimum atomic E-state index is -0.133. The summed E-state index contributed by atoms with van der Waals surface area (Å²) in [6.45, 7) is 7.89. The summed E-state index contributed by atoms with van der Waals surface area (Å²) in [5.74, 6) is 0. The largest absolute Gasteiger partial charge is 0.395 e. The van der Waals surface area contributed by atoms with E-state index >= 15 is 0 Å². The topological polar surface area (TPSA) is 23.5 Å². The summed E-state index contributed by atoms with van der Waals surface area (Å²) < 4.78 is 0. The minimum Gasteiger partial charge on any atom is -0.395 e. The second-order valence-electron chi connectivity index (χ2n) is 5.72. The molecule has 1 aromatic carbocycles. The molecule has 1 aromatic rings. The van der Waals surface area contributed by atoms with Gasteiger partial charge in [-0.15, -0.1) is 0 Å². The van der Waals surface area contributed by atoms with Gasteiger partial charge in [-0.2, -0.15) is 0 Å². The van der Waals surface area contributed by atoms with Gasteiger partial charge in [0.2, 0.25) is 0 Å². The van der Waals surface area contributed by atoms with Gasteiger partial charge in [-0.05, 0) is 37.1 Å². The second kappa shape index (κ2) is 5.19. The van der Waals surface area contributed by atoms with Crippen molar-refractivity contribution in [2.45, 2.75) is 38.6 Å². The molecule has 94 valence electrons. The van der Waals surface area contributed by atoms with E-state index in [-0.39, 0.29) is 12.0 Å². The van der Waals surface area contributed by atoms with Gasteiger partial charge in [-0.1, -0.05) is 38.1 Å². The van der Waals surface area contributed by atoms with Crippen LogP contribution < -0.4 is 0 Å². The maximum absolute atomic E-state index is 9.34. The molecule has 2 heteroatoms. The third-order valence-corrected chi connectivity index (χ3v) is 3.74. The lowest BCUT2D eigenvalue weighted by Crippen LogP contribution is -2.22. The lowest BCUT2D eigenvalue weighted by molar-refractivity contribution is 0.218. The van der Waals surface area contributed by atoms with Crippen LogP contribution in [0.2, 0.25) is 0 Å². The highest BCUT2D eigenvalue weighted by molar-refractivity contribution is 5.28. The Labute approximate surface area is 104 Å². The van der Waals surface area contributed by atoms with Crippen LogP contribution in [0.5, 0.6) is 0 Å². The molecular formula is C15H23NO. The average molecular weight is 233 g/mol. The number of aliphatic hydroxyl groups excluding tert-OH is 1. The Morgan fingerprint density at radius 3 is 2.24 bits per heavy atom. The maximum Gasteiger partial charge on any atom is 0.0522 e. The number of likely N-dealkylation sites (tertiary alicyclic amines) is 1. The molecule has 1 N–H and O–H groups in total. The molecule has 0 unspecified atom stereocenters. The van der Waals surface area contributed by atoms with Crippen molar-refractivity contribution in [2.24, 2.45) is 0 Å². The molecular weight excluding hydrogens is 210 g/mol. The molecule has 1 heterocycles. The molecule has 0 aromatic heterocycles. The van der Waals surface area contributed by atoms with E-state index in [0.717, 1.165) is 6.54 Å². The first-order valence-corrected chi connectivity index (χ1v) is 6.54. The Balaban J connectivity index is 2.02. The first-order valence-electron chi connectivity index (χ1n) is 6.54. The summed E-state index contributed by atoms with van der Waals surface area (Å²) in [5, 5.41) is 9.34. The first-order chi connectivity index (χ1) is 8.12. The van der Waals surface area contributed by atoms with Crippen LogP contribution in [0, 0.1) is 0 Å². The Hall–Kier alpha value is -0.860. The molecule has 0 saturated carbocycles. The van der Waals surface area contributed by atoms with Gasteiger partial charge in [0, 0.05) is 12.0 Å². The summed E-state index contributed by atoms with van der Waals surface area (Å²) in [4.78, 5) is 2.51. The van der Waals surface area contributed by atoms with Crippen molar-refractivity contribution in [1.29, 1.82) is 0 Å². The third-order valence-electron chi connectivity index (χ3n) is 3.74. The molecule has 1 aliphatic rings. The highest BCUT2D eigenvalue weighted by atomic mass is 16.3. The normalized spacial score (nSPS) is 17.6. The van der Waals surface area contributed by atoms with Gasteiger partial charge >= 0.3 is 0 Å². The van der Waals surface area contributed by atoms with Crippen molar-refractivity contribution in [3.8, 4) is 0 Å². The standard InChI is InChI=1S/C15H23NO/c1-15(2,12-17)14-7-5-13(6-8-14)11-16-9-3-4-10-16/h5-8,17H,3-4,9-12H2,1-2H3. The fourth-order valence-electron chi connectivity index (χ4n) is 2.35. The number of benzene rings is 1. The van der Waals surface area contributed by atoms with E-state index in [9.17, 15) is 5.11 Å². The molecule has 0 spiro atoms. The molecule has 0 amide bonds. The van der Waals surface area contributed by atoms with Crippen molar-refractivity contribution < 1.29 is 5.11 Å². The van der Waals surface area contributed by atoms with E-state index in [2.05, 4.69) is 43.0 Å². The van der Waals surface area contributed by atoms with Crippen molar-refractivity contribution in [3.63, 3.8) is 0 Å². The van der Waals surface area contributed by atoms with Crippen LogP contribution >= 0.6 is 0 Å². The van der Waals surface area contributed by atoms with E-state index in [1.807, 2.05) is 0 Å². The van der Waals surface area contributed by atoms with E-state index in [1.165, 1.54) is 37.1 Å². The summed E-state index contributed by atoms with van der Waals surface area (Å²) in [6, 6.07) is 8.71. The SMILES string of the molecule is CC(C)(CO)c1ccc(CN2CCCC2)cc1. The molecule has 2 nitrogen and oxygen atoms in total. The molecule has 1 fully saturated rings. The Morgan fingerprint density at radius 2 is 1.71 bits per heavy atom. The zero-order valence-electron chi connectivity index (χ0n) is 10.9. The minimum absolute atomic E-state index is 0.133. The smallest absolute Gasteiger partial charge is 0.0522 e. The van der Waals surface area contributed by atoms with Gasteiger partial charge in [0.1, 0.15) is 0 Å². The van der Waals surface area contributed by atoms with E-state index < -0.39 is 0 Å². The predicted molar refractivity (Wildman–Crippen MR) is 71.1 cm³/mol. The van der Waals surface area contributed by atoms with Crippen molar-refractivity contribution in [3.05, 3.63) is 35.4 Å². The summed E-state index contributed by atoms with van der Waals surface area (Å²) in [6.07, 6.45) is 2.69. The second-order valence-corrected chi connectivity index (χ2v) is 5.72. The summed E-state index contributed by atoms with van der Waals surface area (Å²) >= 11 is 0. The van der Waals surface area contributed by atoms with E-state index in [0.29, 0.717) is 0 Å². The van der Waals surface area contributed by atoms with Gasteiger partial charge in [-0.3, -0.25) is 4.90 Å². The Morgan fingerprint density at radius 1 is 1.12 bits per heavy atom. The lowest BCUT2D eigenvalue weighted by Gasteiger charge is -2.23. The van der Waals surface area contributed by atoms with Crippen LogP contribution in [0.25, 0.3) is 0 Å². The van der Waals surface area contributed by atoms with Gasteiger partial charge in [0.25, 0.3) is 0 Å². The van der Waals surface area contributed by atoms with Gasteiger partial charge in [0.15, 0.2) is 0 Å². The van der Waals surface area contributed by atoms with Gasteiger partial charge < -0.3 is 5.11 Å². The number of rotatable bonds is 4. The lowest BCUT2D eigenvalue weighted by atomic mass is 9.85. The number of aliphatic hydroxyl groups is 1. The van der Waals surface area contributed by atoms with Gasteiger partial charge in [-0.25, -0.2) is 0 Å². The van der Waals surface area contributed by atoms with Crippen LogP contribution in [-0.4, -0.2) is 29.7 Å².